The van der Waals surface area contributed by atoms with Crippen LogP contribution in [0, 0.1) is 0 Å². The monoisotopic (exact) mass is 454 g/mol. The minimum Gasteiger partial charge on any atom is -0.322 e. The van der Waals surface area contributed by atoms with Crippen molar-refractivity contribution in [3.05, 3.63) is 78.9 Å². The highest BCUT2D eigenvalue weighted by molar-refractivity contribution is 8.00. The van der Waals surface area contributed by atoms with Gasteiger partial charge in [-0.1, -0.05) is 78.5 Å². The van der Waals surface area contributed by atoms with Gasteiger partial charge in [0.05, 0.1) is 17.1 Å². The molecule has 0 spiro atoms. The summed E-state index contributed by atoms with van der Waals surface area (Å²) in [6.07, 6.45) is 0. The number of nitrogens with one attached hydrogen (secondary N) is 1. The molecule has 3 aromatic carbocycles. The van der Waals surface area contributed by atoms with Crippen LogP contribution in [0.15, 0.2) is 83.9 Å². The number of benzene rings is 3. The average Bonchev–Trinajstić information content (AvgIpc) is 2.83. The van der Waals surface area contributed by atoms with Crippen molar-refractivity contribution in [2.75, 3.05) is 16.0 Å². The van der Waals surface area contributed by atoms with E-state index in [1.54, 1.807) is 24.8 Å². The smallest absolute Gasteiger partial charge is 0.250 e. The Morgan fingerprint density at radius 2 is 1.58 bits per heavy atom. The fourth-order valence-corrected chi connectivity index (χ4v) is 4.91. The molecule has 0 fully saturated rings. The van der Waals surface area contributed by atoms with Crippen LogP contribution in [0.5, 0.6) is 0 Å². The van der Waals surface area contributed by atoms with Crippen molar-refractivity contribution in [2.45, 2.75) is 24.4 Å². The van der Waals surface area contributed by atoms with E-state index in [0.717, 1.165) is 22.0 Å². The lowest BCUT2D eigenvalue weighted by Crippen LogP contribution is -2.58. The number of hydrogen-bond donors (Lipinski definition) is 1. The van der Waals surface area contributed by atoms with Crippen molar-refractivity contribution in [2.24, 2.45) is 0 Å². The summed E-state index contributed by atoms with van der Waals surface area (Å²) in [6, 6.07) is 25.2. The van der Waals surface area contributed by atoms with Crippen LogP contribution in [0.2, 0.25) is 0 Å². The Hall–Kier alpha value is -3.71. The lowest BCUT2D eigenvalue weighted by atomic mass is 9.96. The molecule has 4 aromatic rings. The van der Waals surface area contributed by atoms with E-state index in [4.69, 9.17) is 0 Å². The number of carbonyl (C=O) groups is 2. The zero-order valence-electron chi connectivity index (χ0n) is 18.3. The summed E-state index contributed by atoms with van der Waals surface area (Å²) < 4.78 is 0. The normalized spacial score (nSPS) is 14.6. The van der Waals surface area contributed by atoms with Gasteiger partial charge in [-0.05, 0) is 26.0 Å². The number of aromatic nitrogens is 2. The van der Waals surface area contributed by atoms with Gasteiger partial charge in [0.25, 0.3) is 0 Å². The highest BCUT2D eigenvalue weighted by Crippen LogP contribution is 2.38. The van der Waals surface area contributed by atoms with Gasteiger partial charge in [0.1, 0.15) is 16.3 Å². The number of hydrogen-bond acceptors (Lipinski definition) is 5. The molecule has 0 saturated heterocycles. The zero-order chi connectivity index (χ0) is 23.0. The van der Waals surface area contributed by atoms with Gasteiger partial charge in [0, 0.05) is 16.3 Å². The third kappa shape index (κ3) is 3.74. The first-order valence-electron chi connectivity index (χ1n) is 10.6. The first-order valence-corrected chi connectivity index (χ1v) is 11.6. The molecule has 2 amide bonds. The van der Waals surface area contributed by atoms with E-state index in [2.05, 4.69) is 15.5 Å². The molecule has 1 aromatic heterocycles. The SMILES string of the molecule is CC1(C)C(=O)Nc2ccccc2N1C(=O)CSc1nnc(-c2ccccc2)c2ccccc12. The van der Waals surface area contributed by atoms with E-state index in [0.29, 0.717) is 16.4 Å². The molecule has 0 aliphatic carbocycles. The van der Waals surface area contributed by atoms with Gasteiger partial charge in [-0.25, -0.2) is 0 Å². The highest BCUT2D eigenvalue weighted by atomic mass is 32.2. The Labute approximate surface area is 196 Å². The second-order valence-electron chi connectivity index (χ2n) is 8.31. The molecule has 5 rings (SSSR count). The fraction of sp³-hybridized carbons (Fsp3) is 0.154. The molecule has 0 atom stereocenters. The van der Waals surface area contributed by atoms with Gasteiger partial charge in [0.15, 0.2) is 0 Å². The van der Waals surface area contributed by atoms with Crippen LogP contribution in [0.1, 0.15) is 13.8 Å². The van der Waals surface area contributed by atoms with E-state index < -0.39 is 5.54 Å². The van der Waals surface area contributed by atoms with Gasteiger partial charge in [0.2, 0.25) is 11.8 Å². The number of fused-ring (bicyclic) bond motifs is 2. The van der Waals surface area contributed by atoms with E-state index in [1.165, 1.54) is 11.8 Å². The van der Waals surface area contributed by atoms with E-state index in [-0.39, 0.29) is 17.6 Å². The molecular weight excluding hydrogens is 432 g/mol. The van der Waals surface area contributed by atoms with Crippen LogP contribution in [0.25, 0.3) is 22.0 Å². The van der Waals surface area contributed by atoms with Crippen molar-refractivity contribution in [1.82, 2.24) is 10.2 Å². The number of nitrogens with zero attached hydrogens (tertiary/aromatic N) is 3. The first-order chi connectivity index (χ1) is 16.0. The predicted octanol–water partition coefficient (Wildman–Crippen LogP) is 5.15. The fourth-order valence-electron chi connectivity index (χ4n) is 4.09. The van der Waals surface area contributed by atoms with E-state index in [1.807, 2.05) is 72.8 Å². The molecule has 0 unspecified atom stereocenters. The maximum atomic E-state index is 13.4. The van der Waals surface area contributed by atoms with Gasteiger partial charge in [-0.3, -0.25) is 14.5 Å². The number of anilines is 2. The molecule has 1 aliphatic rings. The Bertz CT molecular complexity index is 1370. The largest absolute Gasteiger partial charge is 0.322 e. The molecule has 1 N–H and O–H groups in total. The lowest BCUT2D eigenvalue weighted by molar-refractivity contribution is -0.125. The minimum atomic E-state index is -1.00. The molecule has 7 heteroatoms. The number of thioether (sulfide) groups is 1. The van der Waals surface area contributed by atoms with Crippen LogP contribution in [-0.4, -0.2) is 33.3 Å². The molecule has 2 heterocycles. The Balaban J connectivity index is 1.46. The molecule has 33 heavy (non-hydrogen) atoms. The zero-order valence-corrected chi connectivity index (χ0v) is 19.1. The van der Waals surface area contributed by atoms with Crippen LogP contribution in [0.4, 0.5) is 11.4 Å². The Kier molecular flexibility index (Phi) is 5.34. The molecule has 0 bridgehead atoms. The van der Waals surface area contributed by atoms with Crippen molar-refractivity contribution >= 4 is 45.7 Å². The molecule has 164 valence electrons. The van der Waals surface area contributed by atoms with Crippen molar-refractivity contribution in [3.8, 4) is 11.3 Å². The van der Waals surface area contributed by atoms with Gasteiger partial charge < -0.3 is 5.32 Å². The second-order valence-corrected chi connectivity index (χ2v) is 9.28. The maximum absolute atomic E-state index is 13.4. The number of para-hydroxylation sites is 2. The second kappa shape index (κ2) is 8.33. The van der Waals surface area contributed by atoms with Gasteiger partial charge >= 0.3 is 0 Å². The molecule has 1 aliphatic heterocycles. The predicted molar refractivity (Wildman–Crippen MR) is 132 cm³/mol. The van der Waals surface area contributed by atoms with Gasteiger partial charge in [-0.2, -0.15) is 0 Å². The van der Waals surface area contributed by atoms with Crippen molar-refractivity contribution in [3.63, 3.8) is 0 Å². The molecule has 6 nitrogen and oxygen atoms in total. The minimum absolute atomic E-state index is 0.133. The topological polar surface area (TPSA) is 75.2 Å². The summed E-state index contributed by atoms with van der Waals surface area (Å²) in [7, 11) is 0. The summed E-state index contributed by atoms with van der Waals surface area (Å²) in [4.78, 5) is 27.7. The van der Waals surface area contributed by atoms with Crippen LogP contribution < -0.4 is 10.2 Å². The summed E-state index contributed by atoms with van der Waals surface area (Å²) in [5.74, 6) is -0.240. The Morgan fingerprint density at radius 1 is 0.909 bits per heavy atom. The average molecular weight is 455 g/mol. The molecule has 0 radical (unpaired) electrons. The third-order valence-corrected chi connectivity index (χ3v) is 6.76. The van der Waals surface area contributed by atoms with Crippen molar-refractivity contribution < 1.29 is 9.59 Å². The summed E-state index contributed by atoms with van der Waals surface area (Å²) >= 11 is 1.34. The van der Waals surface area contributed by atoms with Crippen LogP contribution in [0.3, 0.4) is 0 Å². The highest BCUT2D eigenvalue weighted by Gasteiger charge is 2.43. The summed E-state index contributed by atoms with van der Waals surface area (Å²) in [6.45, 7) is 3.51. The summed E-state index contributed by atoms with van der Waals surface area (Å²) in [5.41, 5.74) is 2.13. The number of rotatable bonds is 4. The lowest BCUT2D eigenvalue weighted by Gasteiger charge is -2.42. The standard InChI is InChI=1S/C26H22N4O2S/c1-26(2)25(32)27-20-14-8-9-15-21(20)30(26)22(31)16-33-24-19-13-7-6-12-18(19)23(28-29-24)17-10-4-3-5-11-17/h3-15H,16H2,1-2H3,(H,27,32). The van der Waals surface area contributed by atoms with Crippen LogP contribution in [-0.2, 0) is 9.59 Å². The quantitative estimate of drug-likeness (QED) is 0.432. The number of amides is 2. The maximum Gasteiger partial charge on any atom is 0.250 e. The van der Waals surface area contributed by atoms with Gasteiger partial charge in [-0.15, -0.1) is 10.2 Å². The summed E-state index contributed by atoms with van der Waals surface area (Å²) in [5, 5.41) is 14.4. The first kappa shape index (κ1) is 21.2. The number of carbonyl (C=O) groups excluding carboxylic acids is 2. The molecule has 0 saturated carbocycles. The van der Waals surface area contributed by atoms with Crippen molar-refractivity contribution in [1.29, 1.82) is 0 Å². The van der Waals surface area contributed by atoms with E-state index >= 15 is 0 Å². The third-order valence-electron chi connectivity index (χ3n) is 5.79. The van der Waals surface area contributed by atoms with Crippen LogP contribution >= 0.6 is 11.8 Å². The van der Waals surface area contributed by atoms with E-state index in [9.17, 15) is 9.59 Å². The molecular formula is C26H22N4O2S. The Morgan fingerprint density at radius 3 is 2.36 bits per heavy atom.